The highest BCUT2D eigenvalue weighted by molar-refractivity contribution is 7.15. The highest BCUT2D eigenvalue weighted by Crippen LogP contribution is 2.29. The summed E-state index contributed by atoms with van der Waals surface area (Å²) in [5.74, 6) is -1.24. The van der Waals surface area contributed by atoms with Crippen LogP contribution in [-0.2, 0) is 32.2 Å². The first-order valence-corrected chi connectivity index (χ1v) is 11.1. The summed E-state index contributed by atoms with van der Waals surface area (Å²) in [6.07, 6.45) is -0.545. The molecule has 1 N–H and O–H groups in total. The Labute approximate surface area is 189 Å². The van der Waals surface area contributed by atoms with Crippen LogP contribution in [0.25, 0.3) is 10.9 Å². The third-order valence-electron chi connectivity index (χ3n) is 5.53. The van der Waals surface area contributed by atoms with E-state index in [9.17, 15) is 18.0 Å². The van der Waals surface area contributed by atoms with E-state index in [4.69, 9.17) is 11.6 Å². The van der Waals surface area contributed by atoms with E-state index in [1.807, 2.05) is 29.2 Å². The van der Waals surface area contributed by atoms with Gasteiger partial charge in [-0.25, -0.2) is 9.97 Å². The number of alkyl halides is 3. The molecule has 0 fully saturated rings. The fourth-order valence-corrected chi connectivity index (χ4v) is 5.07. The number of H-pyrrole nitrogens is 1. The zero-order valence-electron chi connectivity index (χ0n) is 16.6. The molecule has 5 rings (SSSR count). The van der Waals surface area contributed by atoms with E-state index in [1.54, 1.807) is 6.20 Å². The highest BCUT2D eigenvalue weighted by Gasteiger charge is 2.36. The highest BCUT2D eigenvalue weighted by atomic mass is 35.5. The first-order valence-electron chi connectivity index (χ1n) is 9.86. The second-order valence-corrected chi connectivity index (χ2v) is 9.37. The molecule has 1 aromatic carbocycles. The van der Waals surface area contributed by atoms with Crippen LogP contribution < -0.4 is 5.56 Å². The van der Waals surface area contributed by atoms with Crippen molar-refractivity contribution in [2.75, 3.05) is 6.54 Å². The van der Waals surface area contributed by atoms with Crippen molar-refractivity contribution >= 4 is 33.8 Å². The number of fused-ring (bicyclic) bond motifs is 2. The first-order chi connectivity index (χ1) is 15.3. The zero-order valence-corrected chi connectivity index (χ0v) is 18.2. The van der Waals surface area contributed by atoms with Crippen LogP contribution in [0.4, 0.5) is 13.2 Å². The van der Waals surface area contributed by atoms with Gasteiger partial charge in [-0.15, -0.1) is 11.3 Å². The lowest BCUT2D eigenvalue weighted by Gasteiger charge is -2.27. The van der Waals surface area contributed by atoms with Crippen molar-refractivity contribution in [2.45, 2.75) is 32.2 Å². The summed E-state index contributed by atoms with van der Waals surface area (Å²) in [7, 11) is 0. The van der Waals surface area contributed by atoms with Crippen LogP contribution in [0.5, 0.6) is 0 Å². The van der Waals surface area contributed by atoms with Crippen LogP contribution >= 0.6 is 22.9 Å². The predicted molar refractivity (Wildman–Crippen MR) is 116 cm³/mol. The quantitative estimate of drug-likeness (QED) is 0.469. The van der Waals surface area contributed by atoms with Gasteiger partial charge in [0.25, 0.3) is 5.56 Å². The molecule has 32 heavy (non-hydrogen) atoms. The molecule has 0 amide bonds. The van der Waals surface area contributed by atoms with Crippen molar-refractivity contribution < 1.29 is 13.2 Å². The van der Waals surface area contributed by atoms with Gasteiger partial charge in [0.2, 0.25) is 5.82 Å². The van der Waals surface area contributed by atoms with Crippen LogP contribution in [0, 0.1) is 0 Å². The molecule has 0 atom stereocenters. The zero-order chi connectivity index (χ0) is 22.5. The van der Waals surface area contributed by atoms with Gasteiger partial charge in [0.05, 0.1) is 17.8 Å². The molecule has 4 aromatic rings. The van der Waals surface area contributed by atoms with Gasteiger partial charge in [-0.3, -0.25) is 9.69 Å². The molecule has 0 unspecified atom stereocenters. The van der Waals surface area contributed by atoms with E-state index >= 15 is 0 Å². The Balaban J connectivity index is 1.42. The van der Waals surface area contributed by atoms with Gasteiger partial charge in [-0.1, -0.05) is 29.8 Å². The molecular weight excluding hydrogens is 463 g/mol. The molecule has 166 valence electrons. The van der Waals surface area contributed by atoms with Crippen LogP contribution in [0.3, 0.4) is 0 Å². The number of hydrogen-bond donors (Lipinski definition) is 1. The third-order valence-corrected chi connectivity index (χ3v) is 6.63. The second-order valence-electron chi connectivity index (χ2n) is 7.68. The number of aromatic amines is 1. The molecule has 0 radical (unpaired) electrons. The van der Waals surface area contributed by atoms with E-state index in [-0.39, 0.29) is 12.2 Å². The molecular formula is C21H17ClF3N5OS. The Morgan fingerprint density at radius 2 is 2.03 bits per heavy atom. The number of benzene rings is 1. The standard InChI is InChI=1S/C21H17ClF3N5OS/c22-20-26-7-13(32-20)10-30-9-12(14-3-1-2-4-17(14)30)8-29-6-5-16-15(11-29)18(31)28-19(27-16)21(23,24)25/h1-4,7,9H,5-6,8,10-11H2,(H,27,28,31). The number of aromatic nitrogens is 4. The molecule has 0 spiro atoms. The van der Waals surface area contributed by atoms with Crippen molar-refractivity contribution in [3.8, 4) is 0 Å². The van der Waals surface area contributed by atoms with Gasteiger partial charge in [-0.2, -0.15) is 13.2 Å². The van der Waals surface area contributed by atoms with Crippen LogP contribution in [0.1, 0.15) is 27.5 Å². The van der Waals surface area contributed by atoms with E-state index in [2.05, 4.69) is 25.6 Å². The summed E-state index contributed by atoms with van der Waals surface area (Å²) >= 11 is 7.39. The van der Waals surface area contributed by atoms with Gasteiger partial charge < -0.3 is 9.55 Å². The lowest BCUT2D eigenvalue weighted by molar-refractivity contribution is -0.145. The van der Waals surface area contributed by atoms with Crippen molar-refractivity contribution in [3.63, 3.8) is 0 Å². The van der Waals surface area contributed by atoms with Crippen molar-refractivity contribution in [3.05, 3.63) is 79.0 Å². The Kier molecular flexibility index (Phi) is 5.31. The minimum absolute atomic E-state index is 0.224. The Morgan fingerprint density at radius 1 is 1.22 bits per heavy atom. The molecule has 1 aliphatic rings. The summed E-state index contributed by atoms with van der Waals surface area (Å²) in [4.78, 5) is 25.0. The maximum Gasteiger partial charge on any atom is 0.449 e. The van der Waals surface area contributed by atoms with Gasteiger partial charge in [-0.05, 0) is 11.6 Å². The molecule has 11 heteroatoms. The fraction of sp³-hybridized carbons (Fsp3) is 0.286. The normalized spacial score (nSPS) is 14.8. The van der Waals surface area contributed by atoms with Gasteiger partial charge in [0, 0.05) is 54.2 Å². The lowest BCUT2D eigenvalue weighted by atomic mass is 10.1. The van der Waals surface area contributed by atoms with E-state index < -0.39 is 17.6 Å². The monoisotopic (exact) mass is 479 g/mol. The summed E-state index contributed by atoms with van der Waals surface area (Å²) in [5, 5.41) is 1.09. The number of nitrogens with one attached hydrogen (secondary N) is 1. The molecule has 4 heterocycles. The smallest absolute Gasteiger partial charge is 0.342 e. The number of nitrogens with zero attached hydrogens (tertiary/aromatic N) is 4. The SMILES string of the molecule is O=c1[nH]c(C(F)(F)F)nc2c1CN(Cc1cn(Cc3cnc(Cl)s3)c3ccccc13)CC2. The Bertz CT molecular complexity index is 1360. The third kappa shape index (κ3) is 4.05. The Morgan fingerprint density at radius 3 is 2.78 bits per heavy atom. The number of hydrogen-bond acceptors (Lipinski definition) is 5. The van der Waals surface area contributed by atoms with E-state index in [1.165, 1.54) is 11.3 Å². The van der Waals surface area contributed by atoms with E-state index in [0.29, 0.717) is 36.1 Å². The summed E-state index contributed by atoms with van der Waals surface area (Å²) in [6, 6.07) is 8.03. The van der Waals surface area contributed by atoms with E-state index in [0.717, 1.165) is 21.3 Å². The predicted octanol–water partition coefficient (Wildman–Crippen LogP) is 4.46. The number of halogens is 4. The molecule has 6 nitrogen and oxygen atoms in total. The summed E-state index contributed by atoms with van der Waals surface area (Å²) in [5.41, 5.74) is 1.94. The van der Waals surface area contributed by atoms with Crippen molar-refractivity contribution in [2.24, 2.45) is 0 Å². The van der Waals surface area contributed by atoms with Gasteiger partial charge in [0.1, 0.15) is 0 Å². The molecule has 3 aromatic heterocycles. The first kappa shape index (κ1) is 21.2. The van der Waals surface area contributed by atoms with Gasteiger partial charge in [0.15, 0.2) is 4.47 Å². The average Bonchev–Trinajstić information content (AvgIpc) is 3.31. The number of thiazole rings is 1. The Hall–Kier alpha value is -2.69. The maximum atomic E-state index is 13.0. The minimum atomic E-state index is -4.67. The molecule has 0 saturated heterocycles. The van der Waals surface area contributed by atoms with Crippen LogP contribution in [0.15, 0.2) is 41.5 Å². The second kappa shape index (κ2) is 8.02. The lowest BCUT2D eigenvalue weighted by Crippen LogP contribution is -2.36. The fourth-order valence-electron chi connectivity index (χ4n) is 4.10. The largest absolute Gasteiger partial charge is 0.449 e. The molecule has 0 aliphatic carbocycles. The summed E-state index contributed by atoms with van der Waals surface area (Å²) < 4.78 is 41.5. The van der Waals surface area contributed by atoms with Crippen molar-refractivity contribution in [1.82, 2.24) is 24.4 Å². The number of rotatable bonds is 4. The summed E-state index contributed by atoms with van der Waals surface area (Å²) in [6.45, 7) is 1.97. The molecule has 1 aliphatic heterocycles. The topological polar surface area (TPSA) is 66.8 Å². The molecule has 0 bridgehead atoms. The number of para-hydroxylation sites is 1. The molecule has 0 saturated carbocycles. The maximum absolute atomic E-state index is 13.0. The van der Waals surface area contributed by atoms with Crippen LogP contribution in [-0.4, -0.2) is 31.0 Å². The minimum Gasteiger partial charge on any atom is -0.342 e. The van der Waals surface area contributed by atoms with Crippen molar-refractivity contribution in [1.29, 1.82) is 0 Å². The van der Waals surface area contributed by atoms with Gasteiger partial charge >= 0.3 is 6.18 Å². The average molecular weight is 480 g/mol. The van der Waals surface area contributed by atoms with Crippen LogP contribution in [0.2, 0.25) is 4.47 Å².